The summed E-state index contributed by atoms with van der Waals surface area (Å²) >= 11 is 0. The zero-order valence-corrected chi connectivity index (χ0v) is 34.2. The highest BCUT2D eigenvalue weighted by molar-refractivity contribution is 6.14. The summed E-state index contributed by atoms with van der Waals surface area (Å²) in [6, 6.07) is 83.0. The number of aromatic nitrogens is 3. The van der Waals surface area contributed by atoms with Crippen LogP contribution in [0.3, 0.4) is 0 Å². The van der Waals surface area contributed by atoms with Gasteiger partial charge in [-0.15, -0.1) is 0 Å². The minimum atomic E-state index is 1.13. The number of benzene rings is 10. The van der Waals surface area contributed by atoms with E-state index in [1.165, 1.54) is 116 Å². The van der Waals surface area contributed by atoms with Crippen molar-refractivity contribution in [3.8, 4) is 61.6 Å². The molecule has 10 aromatic carbocycles. The number of fused-ring (bicyclic) bond motifs is 17. The Morgan fingerprint density at radius 2 is 0.571 bits per heavy atom. The molecule has 0 N–H and O–H groups in total. The Morgan fingerprint density at radius 3 is 1.11 bits per heavy atom. The van der Waals surface area contributed by atoms with Gasteiger partial charge in [-0.1, -0.05) is 158 Å². The van der Waals surface area contributed by atoms with Crippen molar-refractivity contribution in [3.05, 3.63) is 224 Å². The summed E-state index contributed by atoms with van der Waals surface area (Å²) in [6.07, 6.45) is 0. The summed E-state index contributed by atoms with van der Waals surface area (Å²) < 4.78 is 7.37. The average molecular weight is 800 g/mol. The third kappa shape index (κ3) is 4.79. The molecule has 0 atom stereocenters. The molecule has 0 amide bonds. The number of para-hydroxylation sites is 5. The van der Waals surface area contributed by atoms with E-state index in [0.29, 0.717) is 0 Å². The maximum Gasteiger partial charge on any atom is 0.0547 e. The molecule has 0 spiro atoms. The molecule has 3 nitrogen and oxygen atoms in total. The van der Waals surface area contributed by atoms with Crippen LogP contribution in [0.5, 0.6) is 0 Å². The minimum Gasteiger partial charge on any atom is -0.309 e. The summed E-state index contributed by atoms with van der Waals surface area (Å²) in [6.45, 7) is 0. The van der Waals surface area contributed by atoms with Crippen LogP contribution >= 0.6 is 0 Å². The predicted octanol–water partition coefficient (Wildman–Crippen LogP) is 16.0. The van der Waals surface area contributed by atoms with Gasteiger partial charge in [-0.3, -0.25) is 0 Å². The molecule has 3 heteroatoms. The van der Waals surface area contributed by atoms with Crippen LogP contribution in [0.25, 0.3) is 127 Å². The second-order valence-electron chi connectivity index (χ2n) is 16.8. The Morgan fingerprint density at radius 1 is 0.206 bits per heavy atom. The number of nitrogens with zero attached hydrogens (tertiary/aromatic N) is 3. The van der Waals surface area contributed by atoms with E-state index in [0.717, 1.165) is 11.4 Å². The van der Waals surface area contributed by atoms with E-state index in [9.17, 15) is 0 Å². The first-order valence-corrected chi connectivity index (χ1v) is 21.8. The molecule has 1 aliphatic rings. The second kappa shape index (κ2) is 13.1. The Balaban J connectivity index is 1.05. The van der Waals surface area contributed by atoms with Gasteiger partial charge in [-0.25, -0.2) is 0 Å². The van der Waals surface area contributed by atoms with E-state index in [2.05, 4.69) is 238 Å². The lowest BCUT2D eigenvalue weighted by atomic mass is 9.80. The topological polar surface area (TPSA) is 14.8 Å². The average Bonchev–Trinajstić information content (AvgIpc) is 3.99. The van der Waals surface area contributed by atoms with Crippen LogP contribution in [0.1, 0.15) is 0 Å². The monoisotopic (exact) mass is 799 g/mol. The van der Waals surface area contributed by atoms with Gasteiger partial charge >= 0.3 is 0 Å². The first-order valence-electron chi connectivity index (χ1n) is 21.8. The van der Waals surface area contributed by atoms with E-state index in [4.69, 9.17) is 0 Å². The van der Waals surface area contributed by atoms with Crippen molar-refractivity contribution in [3.63, 3.8) is 0 Å². The van der Waals surface area contributed by atoms with Gasteiger partial charge in [-0.05, 0) is 106 Å². The number of hydrogen-bond acceptors (Lipinski definition) is 0. The molecule has 0 aliphatic heterocycles. The molecule has 3 aromatic heterocycles. The van der Waals surface area contributed by atoms with Crippen molar-refractivity contribution in [2.45, 2.75) is 0 Å². The number of rotatable bonds is 3. The summed E-state index contributed by atoms with van der Waals surface area (Å²) in [5.74, 6) is 0. The largest absolute Gasteiger partial charge is 0.309 e. The van der Waals surface area contributed by atoms with Gasteiger partial charge in [0.2, 0.25) is 0 Å². The Kier molecular flexibility index (Phi) is 7.11. The highest BCUT2D eigenvalue weighted by Gasteiger charge is 2.27. The van der Waals surface area contributed by atoms with Crippen molar-refractivity contribution in [1.29, 1.82) is 0 Å². The fourth-order valence-electron chi connectivity index (χ4n) is 11.0. The fourth-order valence-corrected chi connectivity index (χ4v) is 11.0. The molecule has 0 saturated heterocycles. The van der Waals surface area contributed by atoms with Crippen molar-refractivity contribution < 1.29 is 0 Å². The fraction of sp³-hybridized carbons (Fsp3) is 0. The molecule has 13 aromatic rings. The zero-order valence-electron chi connectivity index (χ0n) is 34.2. The highest BCUT2D eigenvalue weighted by atomic mass is 15.0. The van der Waals surface area contributed by atoms with Crippen molar-refractivity contribution in [2.75, 3.05) is 0 Å². The summed E-state index contributed by atoms with van der Waals surface area (Å²) in [5.41, 5.74) is 20.4. The van der Waals surface area contributed by atoms with Crippen molar-refractivity contribution in [2.24, 2.45) is 0 Å². The van der Waals surface area contributed by atoms with E-state index in [-0.39, 0.29) is 0 Å². The Bertz CT molecular complexity index is 3930. The van der Waals surface area contributed by atoms with Gasteiger partial charge in [0.15, 0.2) is 0 Å². The second-order valence-corrected chi connectivity index (χ2v) is 16.8. The molecule has 0 bridgehead atoms. The predicted molar refractivity (Wildman–Crippen MR) is 265 cm³/mol. The first kappa shape index (κ1) is 34.3. The van der Waals surface area contributed by atoms with E-state index >= 15 is 0 Å². The summed E-state index contributed by atoms with van der Waals surface area (Å²) in [4.78, 5) is 0. The van der Waals surface area contributed by atoms with Gasteiger partial charge in [0, 0.05) is 49.3 Å². The molecule has 292 valence electrons. The molecular weight excluding hydrogens is 763 g/mol. The summed E-state index contributed by atoms with van der Waals surface area (Å²) in [7, 11) is 0. The van der Waals surface area contributed by atoms with E-state index < -0.39 is 0 Å². The highest BCUT2D eigenvalue weighted by Crippen LogP contribution is 2.51. The number of hydrogen-bond donors (Lipinski definition) is 0. The standard InChI is InChI=1S/C60H37N3/c1-2-17-41-40(16-1)42-18-3-4-24-49(42)60-50(25-15-31-59(60)63-56-29-13-7-21-46(56)47-22-8-14-30-57(47)63)51-36-38(32-34-43(41)51)62-55-28-12-9-23-48(55)52-37-39(33-35-58(52)62)61-53-26-10-5-19-44(53)45-20-6-11-27-54(45)61/h1-37H. The Hall–Kier alpha value is -8.40. The van der Waals surface area contributed by atoms with Crippen LogP contribution in [-0.4, -0.2) is 13.7 Å². The van der Waals surface area contributed by atoms with Crippen LogP contribution in [0, 0.1) is 0 Å². The van der Waals surface area contributed by atoms with Crippen molar-refractivity contribution in [1.82, 2.24) is 13.7 Å². The molecule has 63 heavy (non-hydrogen) atoms. The molecule has 3 heterocycles. The van der Waals surface area contributed by atoms with Crippen LogP contribution < -0.4 is 0 Å². The maximum absolute atomic E-state index is 2.49. The molecular formula is C60H37N3. The molecule has 0 radical (unpaired) electrons. The quantitative estimate of drug-likeness (QED) is 0.169. The van der Waals surface area contributed by atoms with Gasteiger partial charge in [-0.2, -0.15) is 0 Å². The van der Waals surface area contributed by atoms with Crippen LogP contribution in [0.4, 0.5) is 0 Å². The van der Waals surface area contributed by atoms with Crippen LogP contribution in [0.15, 0.2) is 224 Å². The van der Waals surface area contributed by atoms with Crippen LogP contribution in [0.2, 0.25) is 0 Å². The first-order chi connectivity index (χ1) is 31.3. The van der Waals surface area contributed by atoms with Gasteiger partial charge in [0.1, 0.15) is 0 Å². The van der Waals surface area contributed by atoms with Crippen molar-refractivity contribution >= 4 is 65.4 Å². The van der Waals surface area contributed by atoms with Gasteiger partial charge in [0.05, 0.1) is 38.8 Å². The lowest BCUT2D eigenvalue weighted by molar-refractivity contribution is 1.16. The third-order valence-corrected chi connectivity index (χ3v) is 13.6. The van der Waals surface area contributed by atoms with Gasteiger partial charge in [0.25, 0.3) is 0 Å². The lowest BCUT2D eigenvalue weighted by Crippen LogP contribution is -2.04. The molecule has 1 aliphatic carbocycles. The smallest absolute Gasteiger partial charge is 0.0547 e. The summed E-state index contributed by atoms with van der Waals surface area (Å²) in [5, 5.41) is 7.50. The Labute approximate surface area is 363 Å². The zero-order chi connectivity index (χ0) is 41.2. The van der Waals surface area contributed by atoms with Crippen LogP contribution in [-0.2, 0) is 0 Å². The minimum absolute atomic E-state index is 1.13. The molecule has 0 saturated carbocycles. The molecule has 0 fully saturated rings. The van der Waals surface area contributed by atoms with E-state index in [1.54, 1.807) is 0 Å². The maximum atomic E-state index is 2.49. The van der Waals surface area contributed by atoms with E-state index in [1.807, 2.05) is 0 Å². The molecule has 0 unspecified atom stereocenters. The normalized spacial score (nSPS) is 12.1. The SMILES string of the molecule is c1ccc2c(c1)-c1ccc(-n3c4ccccc4c4cc(-n5c6ccccc6c6ccccc65)ccc43)cc1-c1cccc(-n3c4ccccc4c4ccccc43)c1-c1ccccc1-2. The molecule has 14 rings (SSSR count). The lowest BCUT2D eigenvalue weighted by Gasteiger charge is -2.26. The third-order valence-electron chi connectivity index (χ3n) is 13.6. The van der Waals surface area contributed by atoms with Gasteiger partial charge < -0.3 is 13.7 Å².